The molecule has 2 fully saturated rings. The number of primary sulfonamides is 1. The molecule has 2 aliphatic carbocycles. The zero-order valence-corrected chi connectivity index (χ0v) is 15.6. The molecule has 1 heterocycles. The highest BCUT2D eigenvalue weighted by Gasteiger charge is 2.42. The number of fused-ring (bicyclic) bond motifs is 2. The molecule has 2 bridgehead atoms. The van der Waals surface area contributed by atoms with Gasteiger partial charge in [0.1, 0.15) is 4.21 Å². The Balaban J connectivity index is 1.47. The lowest BCUT2D eigenvalue weighted by molar-refractivity contribution is -0.125. The van der Waals surface area contributed by atoms with Crippen molar-refractivity contribution in [2.45, 2.75) is 42.9 Å². The fourth-order valence-corrected chi connectivity index (χ4v) is 5.67. The van der Waals surface area contributed by atoms with Crippen LogP contribution in [0.4, 0.5) is 0 Å². The molecule has 4 atom stereocenters. The smallest absolute Gasteiger partial charge is 0.339 e. The quantitative estimate of drug-likeness (QED) is 0.719. The molecular weight excluding hydrogens is 364 g/mol. The number of carbonyl (C=O) groups is 2. The maximum absolute atomic E-state index is 12.0. The Kier molecular flexibility index (Phi) is 5.17. The minimum Gasteiger partial charge on any atom is -0.452 e. The lowest BCUT2D eigenvalue weighted by Gasteiger charge is -2.28. The lowest BCUT2D eigenvalue weighted by Crippen LogP contribution is -2.42. The number of hydrogen-bond donors (Lipinski definition) is 2. The second kappa shape index (κ2) is 7.05. The fraction of sp³-hybridized carbons (Fsp3) is 0.625. The number of esters is 1. The third kappa shape index (κ3) is 4.21. The van der Waals surface area contributed by atoms with Gasteiger partial charge in [-0.25, -0.2) is 18.4 Å². The molecule has 0 unspecified atom stereocenters. The lowest BCUT2D eigenvalue weighted by atomic mass is 9.84. The van der Waals surface area contributed by atoms with Gasteiger partial charge in [0, 0.05) is 11.4 Å². The Bertz CT molecular complexity index is 773. The first kappa shape index (κ1) is 18.3. The molecule has 1 aromatic rings. The summed E-state index contributed by atoms with van der Waals surface area (Å²) in [6, 6.07) is 1.22. The third-order valence-corrected chi connectivity index (χ3v) is 7.64. The molecule has 1 amide bonds. The van der Waals surface area contributed by atoms with Crippen molar-refractivity contribution in [3.63, 3.8) is 0 Å². The van der Waals surface area contributed by atoms with Gasteiger partial charge >= 0.3 is 5.97 Å². The number of rotatable bonds is 6. The molecule has 25 heavy (non-hydrogen) atoms. The van der Waals surface area contributed by atoms with Crippen LogP contribution in [0.2, 0.25) is 0 Å². The fourth-order valence-electron chi connectivity index (χ4n) is 4.10. The van der Waals surface area contributed by atoms with Gasteiger partial charge in [-0.05, 0) is 50.0 Å². The Morgan fingerprint density at radius 3 is 2.72 bits per heavy atom. The topological polar surface area (TPSA) is 116 Å². The summed E-state index contributed by atoms with van der Waals surface area (Å²) in [6.07, 6.45) is 4.98. The van der Waals surface area contributed by atoms with E-state index in [2.05, 4.69) is 5.32 Å². The Hall–Kier alpha value is -1.45. The summed E-state index contributed by atoms with van der Waals surface area (Å²) in [5, 5.41) is 9.26. The van der Waals surface area contributed by atoms with Gasteiger partial charge in [0.05, 0.1) is 5.56 Å². The standard InChI is InChI=1S/C16H22N2O5S2/c1-9(13-5-10-2-3-11(13)4-10)18-14(19)7-23-16(20)12-6-15(24-8-12)25(17,21)22/h6,8-11,13H,2-5,7H2,1H3,(H,18,19)(H2,17,21,22)/t9-,10-,11-,13+/m0/s1. The Labute approximate surface area is 151 Å². The van der Waals surface area contributed by atoms with Crippen molar-refractivity contribution in [2.24, 2.45) is 22.9 Å². The van der Waals surface area contributed by atoms with Crippen molar-refractivity contribution in [1.82, 2.24) is 5.32 Å². The molecule has 3 N–H and O–H groups in total. The largest absolute Gasteiger partial charge is 0.452 e. The van der Waals surface area contributed by atoms with E-state index in [1.165, 1.54) is 24.6 Å². The van der Waals surface area contributed by atoms with E-state index >= 15 is 0 Å². The summed E-state index contributed by atoms with van der Waals surface area (Å²) in [7, 11) is -3.85. The summed E-state index contributed by atoms with van der Waals surface area (Å²) in [4.78, 5) is 23.9. The van der Waals surface area contributed by atoms with Crippen LogP contribution in [0.3, 0.4) is 0 Å². The number of sulfonamides is 1. The normalized spacial score (nSPS) is 26.4. The molecule has 0 aliphatic heterocycles. The number of nitrogens with two attached hydrogens (primary N) is 1. The highest BCUT2D eigenvalue weighted by molar-refractivity contribution is 7.91. The predicted molar refractivity (Wildman–Crippen MR) is 92.5 cm³/mol. The number of hydrogen-bond acceptors (Lipinski definition) is 6. The van der Waals surface area contributed by atoms with Gasteiger partial charge in [0.2, 0.25) is 10.0 Å². The van der Waals surface area contributed by atoms with E-state index in [4.69, 9.17) is 9.88 Å². The van der Waals surface area contributed by atoms with Gasteiger partial charge < -0.3 is 10.1 Å². The summed E-state index contributed by atoms with van der Waals surface area (Å²) in [6.45, 7) is 1.62. The van der Waals surface area contributed by atoms with Gasteiger partial charge in [-0.1, -0.05) is 6.42 Å². The summed E-state index contributed by atoms with van der Waals surface area (Å²) >= 11 is 0.839. The van der Waals surface area contributed by atoms with Crippen LogP contribution < -0.4 is 10.5 Å². The summed E-state index contributed by atoms with van der Waals surface area (Å²) < 4.78 is 27.3. The number of thiophene rings is 1. The van der Waals surface area contributed by atoms with Crippen molar-refractivity contribution in [1.29, 1.82) is 0 Å². The first-order chi connectivity index (χ1) is 11.7. The predicted octanol–water partition coefficient (Wildman–Crippen LogP) is 1.49. The molecule has 2 saturated carbocycles. The Morgan fingerprint density at radius 1 is 1.40 bits per heavy atom. The van der Waals surface area contributed by atoms with Crippen LogP contribution >= 0.6 is 11.3 Å². The average molecular weight is 386 g/mol. The molecule has 2 aliphatic rings. The SMILES string of the molecule is C[C@H](NC(=O)COC(=O)c1csc(S(N)(=O)=O)c1)[C@H]1C[C@H]2CC[C@H]1C2. The van der Waals surface area contributed by atoms with Gasteiger partial charge in [-0.15, -0.1) is 11.3 Å². The van der Waals surface area contributed by atoms with Crippen molar-refractivity contribution in [3.05, 3.63) is 17.0 Å². The highest BCUT2D eigenvalue weighted by atomic mass is 32.2. The van der Waals surface area contributed by atoms with E-state index in [9.17, 15) is 18.0 Å². The second-order valence-corrected chi connectivity index (χ2v) is 9.67. The molecule has 0 saturated heterocycles. The molecule has 0 spiro atoms. The van der Waals surface area contributed by atoms with Crippen molar-refractivity contribution in [2.75, 3.05) is 6.61 Å². The maximum atomic E-state index is 12.0. The van der Waals surface area contributed by atoms with Gasteiger partial charge in [0.25, 0.3) is 5.91 Å². The van der Waals surface area contributed by atoms with E-state index in [-0.39, 0.29) is 28.3 Å². The number of nitrogens with one attached hydrogen (secondary N) is 1. The first-order valence-corrected chi connectivity index (χ1v) is 10.7. The maximum Gasteiger partial charge on any atom is 0.339 e. The van der Waals surface area contributed by atoms with E-state index in [0.717, 1.165) is 29.7 Å². The van der Waals surface area contributed by atoms with Crippen LogP contribution in [0.1, 0.15) is 43.0 Å². The zero-order chi connectivity index (χ0) is 18.2. The molecular formula is C16H22N2O5S2. The highest BCUT2D eigenvalue weighted by Crippen LogP contribution is 2.49. The zero-order valence-electron chi connectivity index (χ0n) is 13.9. The van der Waals surface area contributed by atoms with Crippen LogP contribution in [-0.2, 0) is 19.6 Å². The van der Waals surface area contributed by atoms with Crippen LogP contribution in [0.5, 0.6) is 0 Å². The van der Waals surface area contributed by atoms with Gasteiger partial charge in [-0.3, -0.25) is 4.79 Å². The van der Waals surface area contributed by atoms with E-state index in [0.29, 0.717) is 11.8 Å². The molecule has 9 heteroatoms. The number of carbonyl (C=O) groups excluding carboxylic acids is 2. The van der Waals surface area contributed by atoms with Crippen LogP contribution in [0.25, 0.3) is 0 Å². The molecule has 0 aromatic carbocycles. The van der Waals surface area contributed by atoms with E-state index in [1.807, 2.05) is 6.92 Å². The van der Waals surface area contributed by atoms with Crippen LogP contribution in [-0.4, -0.2) is 32.9 Å². The monoisotopic (exact) mass is 386 g/mol. The van der Waals surface area contributed by atoms with Gasteiger partial charge in [0.15, 0.2) is 6.61 Å². The minimum absolute atomic E-state index is 0.0663. The average Bonchev–Trinajstić information content (AvgIpc) is 3.26. The van der Waals surface area contributed by atoms with Crippen molar-refractivity contribution in [3.8, 4) is 0 Å². The molecule has 7 nitrogen and oxygen atoms in total. The van der Waals surface area contributed by atoms with Crippen molar-refractivity contribution >= 4 is 33.2 Å². The van der Waals surface area contributed by atoms with Gasteiger partial charge in [-0.2, -0.15) is 0 Å². The molecule has 3 rings (SSSR count). The molecule has 1 aromatic heterocycles. The van der Waals surface area contributed by atoms with E-state index in [1.54, 1.807) is 0 Å². The van der Waals surface area contributed by atoms with Crippen molar-refractivity contribution < 1.29 is 22.7 Å². The Morgan fingerprint density at radius 2 is 2.16 bits per heavy atom. The minimum atomic E-state index is -3.85. The third-order valence-electron chi connectivity index (χ3n) is 5.25. The second-order valence-electron chi connectivity index (χ2n) is 6.97. The van der Waals surface area contributed by atoms with Crippen LogP contribution in [0, 0.1) is 17.8 Å². The summed E-state index contributed by atoms with van der Waals surface area (Å²) in [5.74, 6) is 0.927. The molecule has 0 radical (unpaired) electrons. The number of ether oxygens (including phenoxy) is 1. The van der Waals surface area contributed by atoms with Crippen LogP contribution in [0.15, 0.2) is 15.7 Å². The number of amides is 1. The molecule has 138 valence electrons. The first-order valence-electron chi connectivity index (χ1n) is 8.32. The van der Waals surface area contributed by atoms with E-state index < -0.39 is 16.0 Å². The summed E-state index contributed by atoms with van der Waals surface area (Å²) in [5.41, 5.74) is 0.0722.